The third kappa shape index (κ3) is 14.8. The van der Waals surface area contributed by atoms with Crippen molar-refractivity contribution < 1.29 is 29.0 Å². The van der Waals surface area contributed by atoms with Gasteiger partial charge in [0.05, 0.1) is 28.2 Å². The second-order valence-electron chi connectivity index (χ2n) is 21.4. The van der Waals surface area contributed by atoms with E-state index in [0.29, 0.717) is 75.1 Å². The van der Waals surface area contributed by atoms with Crippen LogP contribution in [0.5, 0.6) is 0 Å². The van der Waals surface area contributed by atoms with Gasteiger partial charge in [0, 0.05) is 99.7 Å². The Morgan fingerprint density at radius 3 is 2.28 bits per heavy atom. The summed E-state index contributed by atoms with van der Waals surface area (Å²) in [6.07, 6.45) is 4.79. The number of aryl methyl sites for hydroxylation is 4. The van der Waals surface area contributed by atoms with Crippen molar-refractivity contribution in [1.82, 2.24) is 30.8 Å². The SMILES string of the molecule is C=C(NCc1ccc(-c2scnc2C)cc1)[C@@H]1C[C@@H](O)CN1C(=O)[C@@H](NC(=O)CCCCOCCCc1ccc(-c2cc(C(=O)NCc3c(C)cc(C)[nH]c3=O)c(C)c(N(CC)C3CCOCC3)c2)cc1)C(C)(C)C. The zero-order valence-corrected chi connectivity index (χ0v) is 46.2. The number of nitrogens with one attached hydrogen (secondary N) is 4. The van der Waals surface area contributed by atoms with Crippen LogP contribution in [0.15, 0.2) is 89.3 Å². The van der Waals surface area contributed by atoms with Crippen LogP contribution in [-0.2, 0) is 38.6 Å². The second kappa shape index (κ2) is 26.1. The van der Waals surface area contributed by atoms with Crippen LogP contribution in [0, 0.1) is 33.1 Å². The summed E-state index contributed by atoms with van der Waals surface area (Å²) in [7, 11) is 0. The van der Waals surface area contributed by atoms with E-state index in [0.717, 1.165) is 87.6 Å². The Balaban J connectivity index is 0.868. The average molecular weight is 1040 g/mol. The molecule has 2 fully saturated rings. The van der Waals surface area contributed by atoms with E-state index in [1.807, 2.05) is 66.1 Å². The molecule has 15 heteroatoms. The Morgan fingerprint density at radius 2 is 1.61 bits per heavy atom. The van der Waals surface area contributed by atoms with Gasteiger partial charge in [0.2, 0.25) is 11.8 Å². The highest BCUT2D eigenvalue weighted by molar-refractivity contribution is 7.13. The van der Waals surface area contributed by atoms with Crippen LogP contribution in [0.2, 0.25) is 0 Å². The number of aliphatic hydroxyl groups excluding tert-OH is 1. The maximum Gasteiger partial charge on any atom is 0.253 e. The molecule has 0 radical (unpaired) electrons. The van der Waals surface area contributed by atoms with Gasteiger partial charge < -0.3 is 45.3 Å². The molecule has 5 N–H and O–H groups in total. The van der Waals surface area contributed by atoms with Gasteiger partial charge in [-0.05, 0) is 136 Å². The van der Waals surface area contributed by atoms with Crippen molar-refractivity contribution in [3.8, 4) is 21.6 Å². The first-order valence-electron chi connectivity index (χ1n) is 26.7. The van der Waals surface area contributed by atoms with E-state index in [-0.39, 0.29) is 42.8 Å². The second-order valence-corrected chi connectivity index (χ2v) is 22.3. The summed E-state index contributed by atoms with van der Waals surface area (Å²) >= 11 is 1.62. The molecule has 402 valence electrons. The number of nitrogens with zero attached hydrogens (tertiary/aromatic N) is 3. The Morgan fingerprint density at radius 1 is 0.920 bits per heavy atom. The lowest BCUT2D eigenvalue weighted by Crippen LogP contribution is -2.56. The molecule has 75 heavy (non-hydrogen) atoms. The number of rotatable bonds is 23. The largest absolute Gasteiger partial charge is 0.391 e. The summed E-state index contributed by atoms with van der Waals surface area (Å²) in [5, 5.41) is 20.2. The molecule has 2 aliphatic rings. The summed E-state index contributed by atoms with van der Waals surface area (Å²) < 4.78 is 11.7. The lowest BCUT2D eigenvalue weighted by molar-refractivity contribution is -0.140. The Bertz CT molecular complexity index is 2810. The number of carbonyl (C=O) groups is 3. The predicted molar refractivity (Wildman–Crippen MR) is 300 cm³/mol. The van der Waals surface area contributed by atoms with E-state index in [2.05, 4.69) is 98.9 Å². The van der Waals surface area contributed by atoms with E-state index in [1.54, 1.807) is 16.2 Å². The van der Waals surface area contributed by atoms with Crippen molar-refractivity contribution in [3.05, 3.63) is 140 Å². The van der Waals surface area contributed by atoms with Crippen LogP contribution in [0.4, 0.5) is 5.69 Å². The van der Waals surface area contributed by atoms with Gasteiger partial charge in [0.25, 0.3) is 11.5 Å². The fraction of sp³-hybridized carbons (Fsp3) is 0.483. The molecule has 2 aromatic heterocycles. The van der Waals surface area contributed by atoms with Gasteiger partial charge in [0.1, 0.15) is 6.04 Å². The molecule has 4 heterocycles. The number of carbonyl (C=O) groups excluding carboxylic acids is 3. The standard InChI is InChI=1S/C60H79N7O7S/c1-10-66(48-24-28-74-29-25-48)52-32-47(31-50(40(52)4)57(70)62-35-51-38(2)30-39(3)64-58(51)71)45-20-16-43(17-21-45)14-13-27-73-26-12-11-15-54(69)65-56(60(7,8)9)59(72)67-36-49(68)33-53(67)41(5)61-34-44-18-22-46(23-19-44)55-42(6)63-37-75-55/h16-23,30-32,37,48-49,53,56,61,68H,5,10-15,24-29,33-36H2,1-4,6-9H3,(H,62,70)(H,64,71)(H,65,69)/t49-,53+,56-/m1/s1. The number of benzene rings is 3. The van der Waals surface area contributed by atoms with Crippen molar-refractivity contribution in [2.75, 3.05) is 44.4 Å². The zero-order chi connectivity index (χ0) is 53.8. The molecular formula is C60H79N7O7S. The van der Waals surface area contributed by atoms with E-state index >= 15 is 0 Å². The molecule has 2 saturated heterocycles. The fourth-order valence-corrected chi connectivity index (χ4v) is 11.2. The number of hydrogen-bond acceptors (Lipinski definition) is 11. The minimum absolute atomic E-state index is 0.130. The molecule has 5 aromatic rings. The number of ether oxygens (including phenoxy) is 2. The molecular weight excluding hydrogens is 963 g/mol. The van der Waals surface area contributed by atoms with Crippen LogP contribution in [0.3, 0.4) is 0 Å². The van der Waals surface area contributed by atoms with Crippen molar-refractivity contribution in [2.45, 2.75) is 144 Å². The molecule has 0 bridgehead atoms. The number of unbranched alkanes of at least 4 members (excludes halogenated alkanes) is 1. The lowest BCUT2D eigenvalue weighted by Gasteiger charge is -2.37. The van der Waals surface area contributed by atoms with Gasteiger partial charge in [-0.15, -0.1) is 11.3 Å². The van der Waals surface area contributed by atoms with Crippen LogP contribution in [-0.4, -0.2) is 101 Å². The number of aromatic amines is 1. The molecule has 0 unspecified atom stereocenters. The maximum atomic E-state index is 14.2. The summed E-state index contributed by atoms with van der Waals surface area (Å²) in [5.41, 5.74) is 12.8. The molecule has 0 aliphatic carbocycles. The highest BCUT2D eigenvalue weighted by Gasteiger charge is 2.43. The summed E-state index contributed by atoms with van der Waals surface area (Å²) in [6.45, 7) is 24.2. The first-order valence-corrected chi connectivity index (χ1v) is 27.6. The van der Waals surface area contributed by atoms with Gasteiger partial charge in [0.15, 0.2) is 0 Å². The van der Waals surface area contributed by atoms with E-state index in [1.165, 1.54) is 5.56 Å². The number of anilines is 1. The molecule has 2 aliphatic heterocycles. The molecule has 3 atom stereocenters. The van der Waals surface area contributed by atoms with Gasteiger partial charge in [-0.25, -0.2) is 4.98 Å². The van der Waals surface area contributed by atoms with Crippen molar-refractivity contribution in [3.63, 3.8) is 0 Å². The normalized spacial score (nSPS) is 16.4. The third-order valence-electron chi connectivity index (χ3n) is 14.7. The monoisotopic (exact) mass is 1040 g/mol. The number of amides is 3. The predicted octanol–water partition coefficient (Wildman–Crippen LogP) is 9.25. The number of hydrogen-bond donors (Lipinski definition) is 5. The summed E-state index contributed by atoms with van der Waals surface area (Å²) in [4.78, 5) is 66.8. The summed E-state index contributed by atoms with van der Waals surface area (Å²) in [5.74, 6) is -0.636. The topological polar surface area (TPSA) is 178 Å². The van der Waals surface area contributed by atoms with Crippen molar-refractivity contribution in [1.29, 1.82) is 0 Å². The first-order chi connectivity index (χ1) is 35.9. The van der Waals surface area contributed by atoms with Gasteiger partial charge >= 0.3 is 0 Å². The van der Waals surface area contributed by atoms with E-state index in [4.69, 9.17) is 9.47 Å². The van der Waals surface area contributed by atoms with Gasteiger partial charge in [-0.3, -0.25) is 19.2 Å². The number of aliphatic hydroxyl groups is 1. The number of aromatic nitrogens is 2. The molecule has 3 amide bonds. The highest BCUT2D eigenvalue weighted by atomic mass is 32.1. The number of H-pyrrole nitrogens is 1. The minimum atomic E-state index is -0.779. The Labute approximate surface area is 447 Å². The van der Waals surface area contributed by atoms with Crippen LogP contribution in [0.25, 0.3) is 21.6 Å². The van der Waals surface area contributed by atoms with E-state index < -0.39 is 23.6 Å². The lowest BCUT2D eigenvalue weighted by atomic mass is 9.85. The number of pyridine rings is 1. The zero-order valence-electron chi connectivity index (χ0n) is 45.4. The molecule has 7 rings (SSSR count). The molecule has 0 spiro atoms. The minimum Gasteiger partial charge on any atom is -0.391 e. The molecule has 3 aromatic carbocycles. The van der Waals surface area contributed by atoms with E-state index in [9.17, 15) is 24.3 Å². The molecule has 0 saturated carbocycles. The molecule has 14 nitrogen and oxygen atoms in total. The fourth-order valence-electron chi connectivity index (χ4n) is 10.3. The van der Waals surface area contributed by atoms with Crippen molar-refractivity contribution in [2.24, 2.45) is 5.41 Å². The van der Waals surface area contributed by atoms with Crippen LogP contribution in [0.1, 0.15) is 122 Å². The third-order valence-corrected chi connectivity index (χ3v) is 15.7. The number of likely N-dealkylation sites (tertiary alicyclic amines) is 1. The number of β-amino-alcohol motifs (C(OH)–C–C–N with tert-alkyl or cyclic N) is 1. The smallest absolute Gasteiger partial charge is 0.253 e. The number of thiazole rings is 1. The summed E-state index contributed by atoms with van der Waals surface area (Å²) in [6, 6.07) is 22.0. The van der Waals surface area contributed by atoms with Crippen LogP contribution >= 0.6 is 11.3 Å². The van der Waals surface area contributed by atoms with Crippen LogP contribution < -0.4 is 26.4 Å². The van der Waals surface area contributed by atoms with Crippen molar-refractivity contribution >= 4 is 34.7 Å². The quantitative estimate of drug-likeness (QED) is 0.0396. The highest BCUT2D eigenvalue weighted by Crippen LogP contribution is 2.35. The Kier molecular flexibility index (Phi) is 19.7. The Hall–Kier alpha value is -6.13. The van der Waals surface area contributed by atoms with Gasteiger partial charge in [-0.2, -0.15) is 0 Å². The average Bonchev–Trinajstić information content (AvgIpc) is 4.01. The first kappa shape index (κ1) is 56.6. The maximum absolute atomic E-state index is 14.2. The van der Waals surface area contributed by atoms with Gasteiger partial charge in [-0.1, -0.05) is 75.9 Å².